The number of pyridine rings is 2. The second-order valence-corrected chi connectivity index (χ2v) is 10.6. The molecule has 43 heavy (non-hydrogen) atoms. The van der Waals surface area contributed by atoms with Crippen LogP contribution in [0.15, 0.2) is 30.6 Å². The van der Waals surface area contributed by atoms with Crippen LogP contribution in [0.25, 0.3) is 0 Å². The fourth-order valence-electron chi connectivity index (χ4n) is 5.26. The standard InChI is InChI=1S/C27H32F6N6O4/c1-4-5-17-14-20(34-16-19(17)25(42,26(28,29)30)27(31,32)33)38-11-8-37(9-12-38)10-13-39-22(40)24(2,36-23(39)41)18-6-7-21(43-3)35-15-18/h6-7,14-16,42H,4-5,8-13H2,1-3H3,(H,36,41). The molecule has 2 saturated heterocycles. The molecule has 2 aromatic rings. The molecule has 4 rings (SSSR count). The molecule has 16 heteroatoms. The molecule has 2 fully saturated rings. The summed E-state index contributed by atoms with van der Waals surface area (Å²) < 4.78 is 86.2. The van der Waals surface area contributed by atoms with Gasteiger partial charge in [0.1, 0.15) is 11.4 Å². The van der Waals surface area contributed by atoms with Crippen molar-refractivity contribution in [3.05, 3.63) is 47.3 Å². The van der Waals surface area contributed by atoms with Gasteiger partial charge in [0.25, 0.3) is 11.5 Å². The lowest BCUT2D eigenvalue weighted by molar-refractivity contribution is -0.376. The van der Waals surface area contributed by atoms with Crippen molar-refractivity contribution in [3.8, 4) is 5.88 Å². The molecule has 236 valence electrons. The van der Waals surface area contributed by atoms with Crippen LogP contribution in [0, 0.1) is 0 Å². The topological polar surface area (TPSA) is 111 Å². The largest absolute Gasteiger partial charge is 0.481 e. The van der Waals surface area contributed by atoms with Crippen LogP contribution >= 0.6 is 0 Å². The number of ether oxygens (including phenoxy) is 1. The van der Waals surface area contributed by atoms with Gasteiger partial charge in [0.15, 0.2) is 0 Å². The summed E-state index contributed by atoms with van der Waals surface area (Å²) >= 11 is 0. The highest BCUT2D eigenvalue weighted by atomic mass is 19.4. The number of aryl methyl sites for hydroxylation is 1. The van der Waals surface area contributed by atoms with Gasteiger partial charge in [-0.2, -0.15) is 26.3 Å². The SMILES string of the molecule is CCCc1cc(N2CCN(CCN3C(=O)NC(C)(c4ccc(OC)nc4)C3=O)CC2)ncc1C(O)(C(F)(F)F)C(F)(F)F. The van der Waals surface area contributed by atoms with Gasteiger partial charge in [-0.1, -0.05) is 13.3 Å². The van der Waals surface area contributed by atoms with Crippen molar-refractivity contribution in [3.63, 3.8) is 0 Å². The van der Waals surface area contributed by atoms with E-state index < -0.39 is 41.0 Å². The number of alkyl halides is 6. The molecule has 0 radical (unpaired) electrons. The Kier molecular flexibility index (Phi) is 8.84. The van der Waals surface area contributed by atoms with Crippen molar-refractivity contribution in [1.29, 1.82) is 0 Å². The summed E-state index contributed by atoms with van der Waals surface area (Å²) in [4.78, 5) is 38.7. The van der Waals surface area contributed by atoms with Gasteiger partial charge in [0, 0.05) is 68.9 Å². The highest BCUT2D eigenvalue weighted by Crippen LogP contribution is 2.51. The number of carbonyl (C=O) groups excluding carboxylic acids is 2. The average molecular weight is 619 g/mol. The molecular formula is C27H32F6N6O4. The highest BCUT2D eigenvalue weighted by Gasteiger charge is 2.72. The number of hydrogen-bond donors (Lipinski definition) is 2. The van der Waals surface area contributed by atoms with Crippen LogP contribution in [0.1, 0.15) is 37.0 Å². The van der Waals surface area contributed by atoms with E-state index >= 15 is 0 Å². The van der Waals surface area contributed by atoms with Gasteiger partial charge < -0.3 is 20.1 Å². The lowest BCUT2D eigenvalue weighted by Crippen LogP contribution is -2.54. The van der Waals surface area contributed by atoms with Gasteiger partial charge in [-0.05, 0) is 31.0 Å². The molecule has 4 heterocycles. The molecule has 0 aliphatic carbocycles. The average Bonchev–Trinajstić information content (AvgIpc) is 3.18. The van der Waals surface area contributed by atoms with E-state index in [1.54, 1.807) is 30.9 Å². The number of anilines is 1. The molecule has 2 aliphatic heterocycles. The molecule has 1 atom stereocenters. The van der Waals surface area contributed by atoms with Crippen LogP contribution in [0.2, 0.25) is 0 Å². The first-order valence-electron chi connectivity index (χ1n) is 13.5. The summed E-state index contributed by atoms with van der Waals surface area (Å²) in [6.07, 6.45) is -9.97. The number of hydrogen-bond acceptors (Lipinski definition) is 8. The van der Waals surface area contributed by atoms with Gasteiger partial charge in [-0.15, -0.1) is 0 Å². The number of piperazine rings is 1. The van der Waals surface area contributed by atoms with Gasteiger partial charge in [0.2, 0.25) is 5.88 Å². The van der Waals surface area contributed by atoms with Crippen LogP contribution < -0.4 is 15.0 Å². The van der Waals surface area contributed by atoms with Crippen molar-refractivity contribution >= 4 is 17.8 Å². The van der Waals surface area contributed by atoms with E-state index in [0.717, 1.165) is 4.90 Å². The minimum absolute atomic E-state index is 0.102. The molecule has 0 spiro atoms. The maximum absolute atomic E-state index is 13.5. The minimum Gasteiger partial charge on any atom is -0.481 e. The number of aliphatic hydroxyl groups is 1. The lowest BCUT2D eigenvalue weighted by Gasteiger charge is -2.37. The highest BCUT2D eigenvalue weighted by molar-refractivity contribution is 6.07. The summed E-state index contributed by atoms with van der Waals surface area (Å²) in [6.45, 7) is 5.20. The lowest BCUT2D eigenvalue weighted by atomic mass is 9.88. The summed E-state index contributed by atoms with van der Waals surface area (Å²) in [5.41, 5.74) is -7.47. The van der Waals surface area contributed by atoms with E-state index in [9.17, 15) is 41.0 Å². The Balaban J connectivity index is 1.41. The number of methoxy groups -OCH3 is 1. The van der Waals surface area contributed by atoms with Gasteiger partial charge >= 0.3 is 18.4 Å². The number of urea groups is 1. The number of nitrogens with one attached hydrogen (secondary N) is 1. The minimum atomic E-state index is -6.00. The zero-order valence-electron chi connectivity index (χ0n) is 23.7. The molecule has 2 aliphatic rings. The number of imide groups is 1. The van der Waals surface area contributed by atoms with Crippen LogP contribution in [-0.2, 0) is 22.4 Å². The number of rotatable bonds is 9. The number of carbonyl (C=O) groups is 2. The first-order valence-corrected chi connectivity index (χ1v) is 13.5. The Morgan fingerprint density at radius 3 is 2.19 bits per heavy atom. The zero-order valence-corrected chi connectivity index (χ0v) is 23.7. The normalized spacial score (nSPS) is 20.5. The van der Waals surface area contributed by atoms with Crippen LogP contribution in [0.3, 0.4) is 0 Å². The maximum Gasteiger partial charge on any atom is 0.430 e. The van der Waals surface area contributed by atoms with Crippen LogP contribution in [0.4, 0.5) is 37.0 Å². The maximum atomic E-state index is 13.5. The fourth-order valence-corrected chi connectivity index (χ4v) is 5.26. The van der Waals surface area contributed by atoms with Gasteiger partial charge in [0.05, 0.1) is 7.11 Å². The molecule has 2 N–H and O–H groups in total. The van der Waals surface area contributed by atoms with E-state index in [2.05, 4.69) is 15.3 Å². The third kappa shape index (κ3) is 5.94. The third-order valence-corrected chi connectivity index (χ3v) is 7.84. The Hall–Kier alpha value is -3.66. The second-order valence-electron chi connectivity index (χ2n) is 10.6. The molecule has 0 aromatic carbocycles. The van der Waals surface area contributed by atoms with E-state index in [4.69, 9.17) is 4.74 Å². The first kappa shape index (κ1) is 32.3. The van der Waals surface area contributed by atoms with E-state index in [-0.39, 0.29) is 30.8 Å². The molecule has 2 aromatic heterocycles. The van der Waals surface area contributed by atoms with Crippen molar-refractivity contribution in [2.75, 3.05) is 51.3 Å². The summed E-state index contributed by atoms with van der Waals surface area (Å²) in [5.74, 6) is 0.113. The smallest absolute Gasteiger partial charge is 0.430 e. The predicted molar refractivity (Wildman–Crippen MR) is 141 cm³/mol. The predicted octanol–water partition coefficient (Wildman–Crippen LogP) is 3.34. The Morgan fingerprint density at radius 1 is 1.00 bits per heavy atom. The summed E-state index contributed by atoms with van der Waals surface area (Å²) in [7, 11) is 1.46. The number of aromatic nitrogens is 2. The number of nitrogens with zero attached hydrogens (tertiary/aromatic N) is 5. The monoisotopic (exact) mass is 618 g/mol. The van der Waals surface area contributed by atoms with Gasteiger partial charge in [-0.3, -0.25) is 14.6 Å². The molecule has 0 bridgehead atoms. The van der Waals surface area contributed by atoms with E-state index in [0.29, 0.717) is 50.4 Å². The van der Waals surface area contributed by atoms with Gasteiger partial charge in [-0.25, -0.2) is 14.8 Å². The molecule has 0 saturated carbocycles. The number of halogens is 6. The van der Waals surface area contributed by atoms with Crippen LogP contribution in [-0.4, -0.2) is 95.5 Å². The third-order valence-electron chi connectivity index (χ3n) is 7.84. The first-order chi connectivity index (χ1) is 20.1. The fraction of sp³-hybridized carbons (Fsp3) is 0.556. The Morgan fingerprint density at radius 2 is 1.65 bits per heavy atom. The van der Waals surface area contributed by atoms with Crippen molar-refractivity contribution in [2.24, 2.45) is 0 Å². The van der Waals surface area contributed by atoms with Crippen molar-refractivity contribution in [2.45, 2.75) is 50.2 Å². The zero-order chi connectivity index (χ0) is 31.8. The molecule has 1 unspecified atom stereocenters. The van der Waals surface area contributed by atoms with Crippen molar-refractivity contribution in [1.82, 2.24) is 25.1 Å². The summed E-state index contributed by atoms with van der Waals surface area (Å²) in [6, 6.07) is 3.85. The van der Waals surface area contributed by atoms with E-state index in [1.807, 2.05) is 4.90 Å². The van der Waals surface area contributed by atoms with Crippen LogP contribution in [0.5, 0.6) is 5.88 Å². The van der Waals surface area contributed by atoms with E-state index in [1.165, 1.54) is 19.4 Å². The Bertz CT molecular complexity index is 1320. The quantitative estimate of drug-likeness (QED) is 0.326. The Labute approximate surface area is 243 Å². The van der Waals surface area contributed by atoms with Crippen molar-refractivity contribution < 1.29 is 45.8 Å². The second kappa shape index (κ2) is 11.8. The summed E-state index contributed by atoms with van der Waals surface area (Å²) in [5, 5.41) is 12.6. The molecule has 10 nitrogen and oxygen atoms in total. The number of amides is 3. The molecule has 3 amide bonds. The molecular weight excluding hydrogens is 586 g/mol.